The van der Waals surface area contributed by atoms with Gasteiger partial charge in [0.1, 0.15) is 21.8 Å². The van der Waals surface area contributed by atoms with Crippen LogP contribution in [0.3, 0.4) is 0 Å². The first-order valence-corrected chi connectivity index (χ1v) is 9.49. The molecule has 0 saturated heterocycles. The molecule has 0 aliphatic heterocycles. The van der Waals surface area contributed by atoms with Crippen molar-refractivity contribution in [2.45, 2.75) is 26.2 Å². The summed E-state index contributed by atoms with van der Waals surface area (Å²) in [6, 6.07) is 9.02. The molecule has 0 unspecified atom stereocenters. The number of nitrogens with zero attached hydrogens (tertiary/aromatic N) is 1. The van der Waals surface area contributed by atoms with Gasteiger partial charge in [0, 0.05) is 10.3 Å². The molecule has 0 spiro atoms. The van der Waals surface area contributed by atoms with E-state index in [4.69, 9.17) is 4.42 Å². The van der Waals surface area contributed by atoms with Crippen LogP contribution in [0.4, 0.5) is 0 Å². The lowest BCUT2D eigenvalue weighted by molar-refractivity contribution is 0.509. The van der Waals surface area contributed by atoms with Gasteiger partial charge in [-0.1, -0.05) is 25.1 Å². The Morgan fingerprint density at radius 2 is 2.12 bits per heavy atom. The molecule has 0 bridgehead atoms. The van der Waals surface area contributed by atoms with Crippen LogP contribution in [0, 0.1) is 5.92 Å². The molecule has 0 radical (unpaired) electrons. The van der Waals surface area contributed by atoms with E-state index in [1.807, 2.05) is 18.2 Å². The second kappa shape index (κ2) is 5.64. The first kappa shape index (κ1) is 15.5. The zero-order valence-electron chi connectivity index (χ0n) is 14.2. The summed E-state index contributed by atoms with van der Waals surface area (Å²) in [6.45, 7) is 2.23. The molecular weight excluding hydrogens is 348 g/mol. The van der Waals surface area contributed by atoms with Crippen LogP contribution >= 0.6 is 11.3 Å². The van der Waals surface area contributed by atoms with Gasteiger partial charge in [0.15, 0.2) is 0 Å². The lowest BCUT2D eigenvalue weighted by Gasteiger charge is -2.17. The van der Waals surface area contributed by atoms with Crippen LogP contribution in [0.2, 0.25) is 0 Å². The molecule has 1 aromatic carbocycles. The Morgan fingerprint density at radius 3 is 3.00 bits per heavy atom. The van der Waals surface area contributed by atoms with Crippen molar-refractivity contribution < 1.29 is 4.42 Å². The molecule has 1 N–H and O–H groups in total. The van der Waals surface area contributed by atoms with Crippen molar-refractivity contribution in [3.05, 3.63) is 61.5 Å². The number of aromatic nitrogens is 2. The summed E-state index contributed by atoms with van der Waals surface area (Å²) >= 11 is 1.57. The maximum Gasteiger partial charge on any atom is 0.347 e. The van der Waals surface area contributed by atoms with E-state index in [0.717, 1.165) is 30.2 Å². The molecule has 6 heteroatoms. The SMILES string of the molecule is C[C@H]1CCc2c(sc3nc(-c4cc5ccccc5oc4=O)[nH]c(=O)c23)C1. The van der Waals surface area contributed by atoms with Crippen LogP contribution in [0.25, 0.3) is 32.6 Å². The minimum atomic E-state index is -0.499. The average Bonchev–Trinajstić information content (AvgIpc) is 2.98. The number of H-pyrrole nitrogens is 1. The van der Waals surface area contributed by atoms with Gasteiger partial charge in [-0.25, -0.2) is 9.78 Å². The summed E-state index contributed by atoms with van der Waals surface area (Å²) < 4.78 is 5.38. The van der Waals surface area contributed by atoms with Crippen LogP contribution < -0.4 is 11.2 Å². The van der Waals surface area contributed by atoms with Crippen LogP contribution in [0.5, 0.6) is 0 Å². The molecule has 0 fully saturated rings. The van der Waals surface area contributed by atoms with Gasteiger partial charge in [0.2, 0.25) is 0 Å². The molecule has 1 aliphatic carbocycles. The van der Waals surface area contributed by atoms with Gasteiger partial charge in [-0.15, -0.1) is 11.3 Å². The summed E-state index contributed by atoms with van der Waals surface area (Å²) in [7, 11) is 0. The van der Waals surface area contributed by atoms with E-state index in [2.05, 4.69) is 16.9 Å². The third kappa shape index (κ3) is 2.33. The third-order valence-electron chi connectivity index (χ3n) is 5.06. The average molecular weight is 364 g/mol. The molecule has 5 rings (SSSR count). The van der Waals surface area contributed by atoms with Gasteiger partial charge in [-0.05, 0) is 42.9 Å². The number of rotatable bonds is 1. The summed E-state index contributed by atoms with van der Waals surface area (Å²) in [5.41, 5.74) is 1.26. The van der Waals surface area contributed by atoms with Crippen LogP contribution in [0.1, 0.15) is 23.8 Å². The molecule has 26 heavy (non-hydrogen) atoms. The van der Waals surface area contributed by atoms with Crippen LogP contribution in [-0.4, -0.2) is 9.97 Å². The monoisotopic (exact) mass is 364 g/mol. The van der Waals surface area contributed by atoms with E-state index < -0.39 is 5.63 Å². The van der Waals surface area contributed by atoms with Crippen LogP contribution in [-0.2, 0) is 12.8 Å². The lowest BCUT2D eigenvalue weighted by atomic mass is 9.89. The van der Waals surface area contributed by atoms with Gasteiger partial charge < -0.3 is 9.40 Å². The number of para-hydroxylation sites is 1. The molecule has 1 aliphatic rings. The maximum absolute atomic E-state index is 12.7. The molecule has 130 valence electrons. The predicted octanol–water partition coefficient (Wildman–Crippen LogP) is 3.88. The fourth-order valence-corrected chi connectivity index (χ4v) is 5.09. The van der Waals surface area contributed by atoms with Crippen molar-refractivity contribution >= 4 is 32.5 Å². The quantitative estimate of drug-likeness (QED) is 0.520. The molecule has 3 heterocycles. The Hall–Kier alpha value is -2.73. The zero-order valence-corrected chi connectivity index (χ0v) is 15.0. The van der Waals surface area contributed by atoms with Crippen molar-refractivity contribution in [2.75, 3.05) is 0 Å². The minimum absolute atomic E-state index is 0.176. The van der Waals surface area contributed by atoms with Crippen molar-refractivity contribution in [3.8, 4) is 11.4 Å². The fourth-order valence-electron chi connectivity index (χ4n) is 3.70. The number of thiophene rings is 1. The van der Waals surface area contributed by atoms with Crippen molar-refractivity contribution in [2.24, 2.45) is 5.92 Å². The number of fused-ring (bicyclic) bond motifs is 4. The molecular formula is C20H16N2O3S. The normalized spacial score (nSPS) is 16.9. The van der Waals surface area contributed by atoms with E-state index in [1.165, 1.54) is 4.88 Å². The van der Waals surface area contributed by atoms with E-state index in [9.17, 15) is 9.59 Å². The maximum atomic E-state index is 12.7. The predicted molar refractivity (Wildman–Crippen MR) is 103 cm³/mol. The summed E-state index contributed by atoms with van der Waals surface area (Å²) in [5, 5.41) is 1.48. The van der Waals surface area contributed by atoms with E-state index in [0.29, 0.717) is 21.7 Å². The molecule has 5 nitrogen and oxygen atoms in total. The molecule has 0 amide bonds. The molecule has 4 aromatic rings. The van der Waals surface area contributed by atoms with Crippen molar-refractivity contribution in [1.82, 2.24) is 9.97 Å². The van der Waals surface area contributed by atoms with E-state index in [1.54, 1.807) is 23.5 Å². The molecule has 3 aromatic heterocycles. The number of aryl methyl sites for hydroxylation is 1. The summed E-state index contributed by atoms with van der Waals surface area (Å²) in [6.07, 6.45) is 3.00. The van der Waals surface area contributed by atoms with Gasteiger partial charge in [-0.3, -0.25) is 4.79 Å². The first-order chi connectivity index (χ1) is 12.6. The second-order valence-corrected chi connectivity index (χ2v) is 8.02. The van der Waals surface area contributed by atoms with Gasteiger partial charge in [-0.2, -0.15) is 0 Å². The van der Waals surface area contributed by atoms with Gasteiger partial charge in [0.05, 0.1) is 5.39 Å². The highest BCUT2D eigenvalue weighted by Gasteiger charge is 2.23. The highest BCUT2D eigenvalue weighted by Crippen LogP contribution is 2.36. The van der Waals surface area contributed by atoms with Gasteiger partial charge >= 0.3 is 5.63 Å². The first-order valence-electron chi connectivity index (χ1n) is 8.68. The van der Waals surface area contributed by atoms with Crippen LogP contribution in [0.15, 0.2) is 44.3 Å². The largest absolute Gasteiger partial charge is 0.422 e. The number of nitrogens with one attached hydrogen (secondary N) is 1. The zero-order chi connectivity index (χ0) is 17.8. The highest BCUT2D eigenvalue weighted by atomic mass is 32.1. The van der Waals surface area contributed by atoms with E-state index >= 15 is 0 Å². The Balaban J connectivity index is 1.75. The Bertz CT molecular complexity index is 1280. The fraction of sp³-hybridized carbons (Fsp3) is 0.250. The third-order valence-corrected chi connectivity index (χ3v) is 6.21. The molecule has 0 saturated carbocycles. The Kier molecular flexibility index (Phi) is 3.37. The van der Waals surface area contributed by atoms with Crippen molar-refractivity contribution in [1.29, 1.82) is 0 Å². The number of hydrogen-bond acceptors (Lipinski definition) is 5. The lowest BCUT2D eigenvalue weighted by Crippen LogP contribution is -2.15. The molecule has 1 atom stereocenters. The number of benzene rings is 1. The van der Waals surface area contributed by atoms with Gasteiger partial charge in [0.25, 0.3) is 5.56 Å². The summed E-state index contributed by atoms with van der Waals surface area (Å²) in [5.74, 6) is 0.898. The highest BCUT2D eigenvalue weighted by molar-refractivity contribution is 7.18. The van der Waals surface area contributed by atoms with E-state index in [-0.39, 0.29) is 16.9 Å². The smallest absolute Gasteiger partial charge is 0.347 e. The second-order valence-electron chi connectivity index (χ2n) is 6.93. The topological polar surface area (TPSA) is 76.0 Å². The Labute approximate surface area is 152 Å². The number of aromatic amines is 1. The summed E-state index contributed by atoms with van der Waals surface area (Å²) in [4.78, 5) is 34.5. The van der Waals surface area contributed by atoms with Crippen molar-refractivity contribution in [3.63, 3.8) is 0 Å². The standard InChI is InChI=1S/C20H16N2O3S/c1-10-6-7-12-15(8-10)26-19-16(12)18(23)21-17(22-19)13-9-11-4-2-3-5-14(11)25-20(13)24/h2-5,9-10H,6-8H2,1H3,(H,21,22,23)/t10-/m0/s1. The number of hydrogen-bond donors (Lipinski definition) is 1. The minimum Gasteiger partial charge on any atom is -0.422 e. The Morgan fingerprint density at radius 1 is 1.27 bits per heavy atom.